The number of aliphatic hydroxyl groups is 1. The fraction of sp³-hybridized carbons (Fsp3) is 0.562. The van der Waals surface area contributed by atoms with Gasteiger partial charge < -0.3 is 20.1 Å². The second-order valence-corrected chi connectivity index (χ2v) is 5.38. The zero-order chi connectivity index (χ0) is 15.2. The number of nitriles is 1. The Morgan fingerprint density at radius 3 is 3.00 bits per heavy atom. The average molecular weight is 289 g/mol. The van der Waals surface area contributed by atoms with Crippen molar-refractivity contribution in [2.45, 2.75) is 32.5 Å². The first-order chi connectivity index (χ1) is 10.2. The number of nitrogens with one attached hydrogen (secondary N) is 1. The highest BCUT2D eigenvalue weighted by Crippen LogP contribution is 2.26. The Hall–Kier alpha value is -1.61. The molecule has 0 aliphatic carbocycles. The molecule has 5 nitrogen and oxygen atoms in total. The van der Waals surface area contributed by atoms with Crippen molar-refractivity contribution in [3.05, 3.63) is 29.3 Å². The first-order valence-corrected chi connectivity index (χ1v) is 7.42. The molecule has 0 aromatic heterocycles. The molecule has 2 unspecified atom stereocenters. The van der Waals surface area contributed by atoms with Crippen molar-refractivity contribution in [3.63, 3.8) is 0 Å². The third-order valence-electron chi connectivity index (χ3n) is 3.78. The molecule has 1 fully saturated rings. The first kappa shape index (κ1) is 15.8. The number of morpholine rings is 1. The molecule has 0 spiro atoms. The number of rotatable bonds is 5. The van der Waals surface area contributed by atoms with Crippen LogP contribution in [0.2, 0.25) is 0 Å². The number of anilines is 1. The van der Waals surface area contributed by atoms with Gasteiger partial charge in [-0.25, -0.2) is 0 Å². The summed E-state index contributed by atoms with van der Waals surface area (Å²) >= 11 is 0. The predicted molar refractivity (Wildman–Crippen MR) is 82.2 cm³/mol. The molecule has 0 radical (unpaired) electrons. The topological polar surface area (TPSA) is 68.5 Å². The van der Waals surface area contributed by atoms with E-state index >= 15 is 0 Å². The molecule has 1 aliphatic heterocycles. The Labute approximate surface area is 126 Å². The van der Waals surface area contributed by atoms with Gasteiger partial charge in [0, 0.05) is 19.1 Å². The molecule has 1 aliphatic rings. The Kier molecular flexibility index (Phi) is 5.57. The van der Waals surface area contributed by atoms with Gasteiger partial charge in [-0.15, -0.1) is 0 Å². The minimum absolute atomic E-state index is 0.00358. The van der Waals surface area contributed by atoms with Crippen molar-refractivity contribution >= 4 is 5.69 Å². The second-order valence-electron chi connectivity index (χ2n) is 5.38. The Morgan fingerprint density at radius 2 is 2.33 bits per heavy atom. The van der Waals surface area contributed by atoms with Crippen LogP contribution in [0.5, 0.6) is 0 Å². The van der Waals surface area contributed by atoms with Crippen LogP contribution in [0.15, 0.2) is 18.2 Å². The van der Waals surface area contributed by atoms with Crippen LogP contribution in [0.4, 0.5) is 5.69 Å². The lowest BCUT2D eigenvalue weighted by atomic mass is 10.1. The van der Waals surface area contributed by atoms with Crippen LogP contribution >= 0.6 is 0 Å². The Bertz CT molecular complexity index is 513. The molecule has 1 aromatic rings. The van der Waals surface area contributed by atoms with E-state index < -0.39 is 0 Å². The fourth-order valence-corrected chi connectivity index (χ4v) is 2.57. The zero-order valence-corrected chi connectivity index (χ0v) is 12.7. The van der Waals surface area contributed by atoms with E-state index in [-0.39, 0.29) is 18.8 Å². The fourth-order valence-electron chi connectivity index (χ4n) is 2.57. The van der Waals surface area contributed by atoms with Crippen LogP contribution in [0, 0.1) is 11.3 Å². The average Bonchev–Trinajstić information content (AvgIpc) is 2.53. The normalized spacial score (nSPS) is 22.1. The summed E-state index contributed by atoms with van der Waals surface area (Å²) in [6.07, 6.45) is -0.186. The number of hydrogen-bond donors (Lipinski definition) is 2. The number of aliphatic hydroxyl groups excluding tert-OH is 1. The monoisotopic (exact) mass is 289 g/mol. The SMILES string of the molecule is CCNCc1ccc(N2CC(CO)OCC2C)c(C#N)c1. The van der Waals surface area contributed by atoms with Crippen molar-refractivity contribution in [2.24, 2.45) is 0 Å². The number of ether oxygens (including phenoxy) is 1. The molecule has 0 saturated carbocycles. The van der Waals surface area contributed by atoms with Crippen LogP contribution in [0.3, 0.4) is 0 Å². The van der Waals surface area contributed by atoms with Gasteiger partial charge in [-0.3, -0.25) is 0 Å². The Morgan fingerprint density at radius 1 is 1.52 bits per heavy atom. The van der Waals surface area contributed by atoms with Crippen LogP contribution in [-0.2, 0) is 11.3 Å². The van der Waals surface area contributed by atoms with Crippen molar-refractivity contribution in [2.75, 3.05) is 31.2 Å². The van der Waals surface area contributed by atoms with Gasteiger partial charge >= 0.3 is 0 Å². The minimum atomic E-state index is -0.186. The van der Waals surface area contributed by atoms with Gasteiger partial charge in [0.2, 0.25) is 0 Å². The molecule has 0 amide bonds. The highest BCUT2D eigenvalue weighted by molar-refractivity contribution is 5.61. The first-order valence-electron chi connectivity index (χ1n) is 7.42. The molecule has 0 bridgehead atoms. The summed E-state index contributed by atoms with van der Waals surface area (Å²) in [5, 5.41) is 22.0. The second kappa shape index (κ2) is 7.41. The summed E-state index contributed by atoms with van der Waals surface area (Å²) in [7, 11) is 0. The largest absolute Gasteiger partial charge is 0.394 e. The van der Waals surface area contributed by atoms with Crippen molar-refractivity contribution in [1.29, 1.82) is 5.26 Å². The maximum Gasteiger partial charge on any atom is 0.101 e. The highest BCUT2D eigenvalue weighted by Gasteiger charge is 2.27. The van der Waals surface area contributed by atoms with Gasteiger partial charge in [0.25, 0.3) is 0 Å². The number of hydrogen-bond acceptors (Lipinski definition) is 5. The van der Waals surface area contributed by atoms with E-state index in [1.54, 1.807) is 0 Å². The third-order valence-corrected chi connectivity index (χ3v) is 3.78. The van der Waals surface area contributed by atoms with Crippen molar-refractivity contribution < 1.29 is 9.84 Å². The van der Waals surface area contributed by atoms with Crippen LogP contribution in [-0.4, -0.2) is 43.6 Å². The molecule has 5 heteroatoms. The van der Waals surface area contributed by atoms with Gasteiger partial charge in [-0.2, -0.15) is 5.26 Å². The van der Waals surface area contributed by atoms with Gasteiger partial charge in [0.15, 0.2) is 0 Å². The van der Waals surface area contributed by atoms with Crippen LogP contribution < -0.4 is 10.2 Å². The lowest BCUT2D eigenvalue weighted by Crippen LogP contribution is -2.49. The summed E-state index contributed by atoms with van der Waals surface area (Å²) < 4.78 is 5.56. The van der Waals surface area contributed by atoms with Gasteiger partial charge in [-0.05, 0) is 31.2 Å². The van der Waals surface area contributed by atoms with Crippen LogP contribution in [0.1, 0.15) is 25.0 Å². The van der Waals surface area contributed by atoms with E-state index in [9.17, 15) is 10.4 Å². The quantitative estimate of drug-likeness (QED) is 0.854. The molecule has 1 heterocycles. The summed E-state index contributed by atoms with van der Waals surface area (Å²) in [6, 6.07) is 8.47. The number of nitrogens with zero attached hydrogens (tertiary/aromatic N) is 2. The molecule has 2 rings (SSSR count). The van der Waals surface area contributed by atoms with E-state index in [2.05, 4.69) is 36.2 Å². The Balaban J connectivity index is 2.23. The summed E-state index contributed by atoms with van der Waals surface area (Å²) in [5.41, 5.74) is 2.71. The molecule has 1 saturated heterocycles. The predicted octanol–water partition coefficient (Wildman–Crippen LogP) is 1.25. The van der Waals surface area contributed by atoms with Crippen molar-refractivity contribution in [3.8, 4) is 6.07 Å². The van der Waals surface area contributed by atoms with E-state index in [0.29, 0.717) is 18.7 Å². The standard InChI is InChI=1S/C16H23N3O2/c1-3-18-8-13-4-5-16(14(6-13)7-17)19-9-15(10-20)21-11-12(19)2/h4-6,12,15,18,20H,3,8-11H2,1-2H3. The smallest absolute Gasteiger partial charge is 0.101 e. The maximum atomic E-state index is 9.43. The lowest BCUT2D eigenvalue weighted by Gasteiger charge is -2.39. The molecule has 114 valence electrons. The zero-order valence-electron chi connectivity index (χ0n) is 12.7. The molecule has 1 aromatic carbocycles. The van der Waals surface area contributed by atoms with E-state index in [4.69, 9.17) is 4.74 Å². The van der Waals surface area contributed by atoms with Gasteiger partial charge in [0.1, 0.15) is 6.07 Å². The molecule has 2 N–H and O–H groups in total. The molecule has 21 heavy (non-hydrogen) atoms. The lowest BCUT2D eigenvalue weighted by molar-refractivity contribution is -0.0103. The van der Waals surface area contributed by atoms with Crippen LogP contribution in [0.25, 0.3) is 0 Å². The number of benzene rings is 1. The van der Waals surface area contributed by atoms with E-state index in [0.717, 1.165) is 24.3 Å². The summed E-state index contributed by atoms with van der Waals surface area (Å²) in [6.45, 7) is 6.98. The highest BCUT2D eigenvalue weighted by atomic mass is 16.5. The maximum absolute atomic E-state index is 9.43. The van der Waals surface area contributed by atoms with E-state index in [1.807, 2.05) is 12.1 Å². The van der Waals surface area contributed by atoms with E-state index in [1.165, 1.54) is 0 Å². The molecular weight excluding hydrogens is 266 g/mol. The minimum Gasteiger partial charge on any atom is -0.394 e. The van der Waals surface area contributed by atoms with Crippen molar-refractivity contribution in [1.82, 2.24) is 5.32 Å². The summed E-state index contributed by atoms with van der Waals surface area (Å²) in [5.74, 6) is 0. The third kappa shape index (κ3) is 3.73. The van der Waals surface area contributed by atoms with Gasteiger partial charge in [-0.1, -0.05) is 13.0 Å². The molecular formula is C16H23N3O2. The molecule has 2 atom stereocenters. The van der Waals surface area contributed by atoms with Gasteiger partial charge in [0.05, 0.1) is 30.6 Å². The summed E-state index contributed by atoms with van der Waals surface area (Å²) in [4.78, 5) is 2.15.